The molecule has 0 unspecified atom stereocenters. The van der Waals surface area contributed by atoms with Crippen molar-refractivity contribution in [2.75, 3.05) is 19.7 Å². The van der Waals surface area contributed by atoms with Crippen molar-refractivity contribution in [3.63, 3.8) is 0 Å². The number of hydrogen-bond donors (Lipinski definition) is 3. The summed E-state index contributed by atoms with van der Waals surface area (Å²) in [6.45, 7) is 2.44. The van der Waals surface area contributed by atoms with Crippen molar-refractivity contribution < 1.29 is 51.3 Å². The molecule has 0 saturated heterocycles. The standard InChI is InChI=1S/C15H20ClN3O.2C2HF3O2/c1-18-9-7-17-15(18)12-19(10-11-20)8-6-13-2-4-14(16)5-3-13;2*3-2(4,5)1(6)7/h2-5,7,9,20H,6,8,10-12H2,1H3;2*(H,6,7). The van der Waals surface area contributed by atoms with Gasteiger partial charge in [-0.2, -0.15) is 26.3 Å². The highest BCUT2D eigenvalue weighted by atomic mass is 35.5. The fourth-order valence-corrected chi connectivity index (χ4v) is 2.22. The number of halogens is 7. The zero-order chi connectivity index (χ0) is 26.5. The van der Waals surface area contributed by atoms with E-state index in [0.717, 1.165) is 30.4 Å². The molecular weight excluding hydrogens is 500 g/mol. The van der Waals surface area contributed by atoms with Crippen LogP contribution in [0.2, 0.25) is 5.02 Å². The van der Waals surface area contributed by atoms with Crippen LogP contribution in [0.5, 0.6) is 0 Å². The Balaban J connectivity index is 0.000000642. The molecule has 0 radical (unpaired) electrons. The van der Waals surface area contributed by atoms with Crippen LogP contribution in [-0.4, -0.2) is 73.8 Å². The molecule has 0 bridgehead atoms. The number of hydrogen-bond acceptors (Lipinski definition) is 5. The maximum absolute atomic E-state index is 10.6. The number of aliphatic hydroxyl groups is 1. The largest absolute Gasteiger partial charge is 0.490 e. The summed E-state index contributed by atoms with van der Waals surface area (Å²) in [6, 6.07) is 7.90. The van der Waals surface area contributed by atoms with E-state index in [2.05, 4.69) is 9.88 Å². The lowest BCUT2D eigenvalue weighted by Crippen LogP contribution is -2.29. The van der Waals surface area contributed by atoms with Gasteiger partial charge in [-0.05, 0) is 24.1 Å². The van der Waals surface area contributed by atoms with Crippen LogP contribution in [0.4, 0.5) is 26.3 Å². The third-order valence-corrected chi connectivity index (χ3v) is 4.07. The van der Waals surface area contributed by atoms with Gasteiger partial charge in [-0.1, -0.05) is 23.7 Å². The van der Waals surface area contributed by atoms with Gasteiger partial charge in [0.15, 0.2) is 0 Å². The highest BCUT2D eigenvalue weighted by Gasteiger charge is 2.38. The molecule has 0 saturated carbocycles. The Labute approximate surface area is 195 Å². The van der Waals surface area contributed by atoms with Gasteiger partial charge in [-0.25, -0.2) is 14.6 Å². The number of rotatable bonds is 7. The fourth-order valence-electron chi connectivity index (χ4n) is 2.10. The van der Waals surface area contributed by atoms with Gasteiger partial charge in [0.25, 0.3) is 0 Å². The SMILES string of the molecule is Cn1ccnc1CN(CCO)CCc1ccc(Cl)cc1.O=C(O)C(F)(F)F.O=C(O)C(F)(F)F. The second-order valence-electron chi connectivity index (χ2n) is 6.44. The normalized spacial score (nSPS) is 11.2. The first kappa shape index (κ1) is 31.2. The van der Waals surface area contributed by atoms with Crippen LogP contribution in [0.1, 0.15) is 11.4 Å². The van der Waals surface area contributed by atoms with Crippen LogP contribution >= 0.6 is 11.6 Å². The Bertz CT molecular complexity index is 864. The third-order valence-electron chi connectivity index (χ3n) is 3.82. The van der Waals surface area contributed by atoms with Crippen molar-refractivity contribution in [2.24, 2.45) is 7.05 Å². The van der Waals surface area contributed by atoms with E-state index >= 15 is 0 Å². The Morgan fingerprint density at radius 2 is 1.47 bits per heavy atom. The Morgan fingerprint density at radius 1 is 1.00 bits per heavy atom. The second-order valence-corrected chi connectivity index (χ2v) is 6.87. The number of carboxylic acid groups (broad SMARTS) is 2. The van der Waals surface area contributed by atoms with Crippen molar-refractivity contribution in [1.29, 1.82) is 0 Å². The number of aliphatic carboxylic acids is 2. The molecule has 0 aliphatic rings. The summed E-state index contributed by atoms with van der Waals surface area (Å²) in [7, 11) is 1.98. The minimum absolute atomic E-state index is 0.158. The number of aryl methyl sites for hydroxylation is 1. The molecule has 0 aliphatic heterocycles. The summed E-state index contributed by atoms with van der Waals surface area (Å²) in [6.07, 6.45) is -5.50. The highest BCUT2D eigenvalue weighted by Crippen LogP contribution is 2.14. The summed E-state index contributed by atoms with van der Waals surface area (Å²) < 4.78 is 65.5. The van der Waals surface area contributed by atoms with E-state index in [1.54, 1.807) is 6.20 Å². The van der Waals surface area contributed by atoms with Crippen LogP contribution in [0.3, 0.4) is 0 Å². The van der Waals surface area contributed by atoms with Crippen LogP contribution in [0.25, 0.3) is 0 Å². The van der Waals surface area contributed by atoms with Gasteiger partial charge in [0, 0.05) is 37.6 Å². The molecule has 34 heavy (non-hydrogen) atoms. The van der Waals surface area contributed by atoms with Crippen LogP contribution in [-0.2, 0) is 29.6 Å². The first-order chi connectivity index (χ1) is 15.6. The van der Waals surface area contributed by atoms with Gasteiger partial charge in [-0.15, -0.1) is 0 Å². The van der Waals surface area contributed by atoms with E-state index in [1.165, 1.54) is 5.56 Å². The van der Waals surface area contributed by atoms with Gasteiger partial charge < -0.3 is 19.9 Å². The van der Waals surface area contributed by atoms with Crippen LogP contribution in [0, 0.1) is 0 Å². The van der Waals surface area contributed by atoms with Gasteiger partial charge in [-0.3, -0.25) is 4.90 Å². The molecule has 1 heterocycles. The molecule has 0 spiro atoms. The summed E-state index contributed by atoms with van der Waals surface area (Å²) in [5, 5.41) is 24.2. The molecule has 1 aromatic carbocycles. The summed E-state index contributed by atoms with van der Waals surface area (Å²) in [5.74, 6) is -4.51. The summed E-state index contributed by atoms with van der Waals surface area (Å²) >= 11 is 5.88. The van der Waals surface area contributed by atoms with Crippen molar-refractivity contribution in [1.82, 2.24) is 14.5 Å². The van der Waals surface area contributed by atoms with E-state index in [4.69, 9.17) is 31.4 Å². The number of imidazole rings is 1. The maximum atomic E-state index is 10.6. The minimum Gasteiger partial charge on any atom is -0.475 e. The molecule has 8 nitrogen and oxygen atoms in total. The average molecular weight is 522 g/mol. The van der Waals surface area contributed by atoms with Gasteiger partial charge in [0.2, 0.25) is 0 Å². The number of nitrogens with zero attached hydrogens (tertiary/aromatic N) is 3. The number of aliphatic hydroxyl groups excluding tert-OH is 1. The molecule has 0 atom stereocenters. The smallest absolute Gasteiger partial charge is 0.475 e. The topological polar surface area (TPSA) is 116 Å². The summed E-state index contributed by atoms with van der Waals surface area (Å²) in [4.78, 5) is 24.3. The van der Waals surface area contributed by atoms with Crippen molar-refractivity contribution in [2.45, 2.75) is 25.3 Å². The molecule has 0 aliphatic carbocycles. The van der Waals surface area contributed by atoms with E-state index < -0.39 is 24.3 Å². The van der Waals surface area contributed by atoms with E-state index in [9.17, 15) is 31.4 Å². The quantitative estimate of drug-likeness (QED) is 0.478. The lowest BCUT2D eigenvalue weighted by Gasteiger charge is -2.21. The van der Waals surface area contributed by atoms with Crippen molar-refractivity contribution in [3.8, 4) is 0 Å². The molecule has 15 heteroatoms. The van der Waals surface area contributed by atoms with Crippen molar-refractivity contribution in [3.05, 3.63) is 53.1 Å². The Morgan fingerprint density at radius 3 is 1.82 bits per heavy atom. The number of alkyl halides is 6. The second kappa shape index (κ2) is 14.4. The van der Waals surface area contributed by atoms with Crippen LogP contribution < -0.4 is 0 Å². The molecule has 192 valence electrons. The minimum atomic E-state index is -5.08. The van der Waals surface area contributed by atoms with Gasteiger partial charge in [0.05, 0.1) is 13.2 Å². The zero-order valence-electron chi connectivity index (χ0n) is 17.6. The monoisotopic (exact) mass is 521 g/mol. The molecule has 2 rings (SSSR count). The lowest BCUT2D eigenvalue weighted by atomic mass is 10.1. The Kier molecular flexibility index (Phi) is 13.2. The van der Waals surface area contributed by atoms with Gasteiger partial charge >= 0.3 is 24.3 Å². The van der Waals surface area contributed by atoms with E-state index in [0.29, 0.717) is 6.54 Å². The molecule has 1 aromatic heterocycles. The molecular formula is C19H22ClF6N3O5. The number of carbonyl (C=O) groups is 2. The predicted molar refractivity (Wildman–Crippen MR) is 108 cm³/mol. The first-order valence-corrected chi connectivity index (χ1v) is 9.59. The number of benzene rings is 1. The van der Waals surface area contributed by atoms with Crippen molar-refractivity contribution >= 4 is 23.5 Å². The average Bonchev–Trinajstić information content (AvgIpc) is 3.11. The highest BCUT2D eigenvalue weighted by molar-refractivity contribution is 6.30. The maximum Gasteiger partial charge on any atom is 0.490 e. The molecule has 2 aromatic rings. The van der Waals surface area contributed by atoms with Crippen LogP contribution in [0.15, 0.2) is 36.7 Å². The lowest BCUT2D eigenvalue weighted by molar-refractivity contribution is -0.193. The Hall–Kier alpha value is -2.84. The molecule has 0 amide bonds. The fraction of sp³-hybridized carbons (Fsp3) is 0.421. The number of aromatic nitrogens is 2. The summed E-state index contributed by atoms with van der Waals surface area (Å²) in [5.41, 5.74) is 1.25. The molecule has 3 N–H and O–H groups in total. The zero-order valence-corrected chi connectivity index (χ0v) is 18.4. The van der Waals surface area contributed by atoms with E-state index in [1.807, 2.05) is 42.1 Å². The van der Waals surface area contributed by atoms with Gasteiger partial charge in [0.1, 0.15) is 5.82 Å². The number of carboxylic acids is 2. The first-order valence-electron chi connectivity index (χ1n) is 9.22. The predicted octanol–water partition coefficient (Wildman–Crippen LogP) is 3.38. The van der Waals surface area contributed by atoms with E-state index in [-0.39, 0.29) is 6.61 Å². The molecule has 0 fully saturated rings. The third kappa shape index (κ3) is 13.6.